The fourth-order valence-corrected chi connectivity index (χ4v) is 6.09. The molecule has 5 unspecified atom stereocenters. The molecule has 2 aromatic carbocycles. The lowest BCUT2D eigenvalue weighted by Crippen LogP contribution is -2.58. The van der Waals surface area contributed by atoms with Gasteiger partial charge < -0.3 is 19.6 Å². The van der Waals surface area contributed by atoms with Gasteiger partial charge in [0.15, 0.2) is 0 Å². The third kappa shape index (κ3) is 5.73. The molecule has 5 atom stereocenters. The minimum atomic E-state index is -1.14. The van der Waals surface area contributed by atoms with E-state index in [-0.39, 0.29) is 30.4 Å². The van der Waals surface area contributed by atoms with Gasteiger partial charge in [0.05, 0.1) is 24.4 Å². The van der Waals surface area contributed by atoms with Gasteiger partial charge in [-0.25, -0.2) is 4.79 Å². The molecule has 7 nitrogen and oxygen atoms in total. The molecule has 37 heavy (non-hydrogen) atoms. The summed E-state index contributed by atoms with van der Waals surface area (Å²) in [6, 6.07) is 14.1. The van der Waals surface area contributed by atoms with E-state index in [9.17, 15) is 19.5 Å². The highest BCUT2D eigenvalue weighted by Gasteiger charge is 2.52. The Morgan fingerprint density at radius 1 is 1.14 bits per heavy atom. The first kappa shape index (κ1) is 27.3. The molecule has 0 saturated carbocycles. The van der Waals surface area contributed by atoms with Crippen molar-refractivity contribution in [2.24, 2.45) is 5.41 Å². The van der Waals surface area contributed by atoms with Gasteiger partial charge in [-0.3, -0.25) is 9.59 Å². The lowest BCUT2D eigenvalue weighted by molar-refractivity contribution is -0.161. The number of halogens is 2. The van der Waals surface area contributed by atoms with Gasteiger partial charge in [-0.1, -0.05) is 61.3 Å². The molecule has 9 heteroatoms. The number of amides is 2. The molecular weight excluding hydrogens is 515 g/mol. The first-order chi connectivity index (χ1) is 17.5. The normalized spacial score (nSPS) is 26.8. The third-order valence-electron chi connectivity index (χ3n) is 7.47. The Bertz CT molecular complexity index is 1170. The van der Waals surface area contributed by atoms with E-state index < -0.39 is 23.5 Å². The Kier molecular flexibility index (Phi) is 8.05. The van der Waals surface area contributed by atoms with E-state index >= 15 is 0 Å². The van der Waals surface area contributed by atoms with E-state index in [0.29, 0.717) is 36.0 Å². The molecule has 4 rings (SSSR count). The Labute approximate surface area is 227 Å². The number of piperidine rings is 1. The van der Waals surface area contributed by atoms with E-state index in [1.165, 1.54) is 0 Å². The fourth-order valence-electron chi connectivity index (χ4n) is 5.77. The van der Waals surface area contributed by atoms with Crippen LogP contribution in [0.1, 0.15) is 63.1 Å². The van der Waals surface area contributed by atoms with Gasteiger partial charge in [0.2, 0.25) is 5.91 Å². The number of carbonyl (C=O) groups is 3. The van der Waals surface area contributed by atoms with E-state index in [4.69, 9.17) is 27.9 Å². The largest absolute Gasteiger partial charge is 0.481 e. The predicted molar refractivity (Wildman–Crippen MR) is 142 cm³/mol. The number of carboxylic acid groups (broad SMARTS) is 1. The van der Waals surface area contributed by atoms with Crippen molar-refractivity contribution >= 4 is 41.2 Å². The number of carbonyl (C=O) groups excluding carboxylic acids is 2. The first-order valence-electron chi connectivity index (χ1n) is 12.5. The number of nitrogens with zero attached hydrogens (tertiary/aromatic N) is 2. The summed E-state index contributed by atoms with van der Waals surface area (Å²) in [5.41, 5.74) is 0.662. The Morgan fingerprint density at radius 3 is 2.41 bits per heavy atom. The molecule has 2 aliphatic rings. The Morgan fingerprint density at radius 2 is 1.84 bits per heavy atom. The minimum absolute atomic E-state index is 0.231. The van der Waals surface area contributed by atoms with Crippen LogP contribution >= 0.6 is 23.2 Å². The van der Waals surface area contributed by atoms with Crippen molar-refractivity contribution in [3.05, 3.63) is 69.7 Å². The number of carboxylic acids is 1. The first-order valence-corrected chi connectivity index (χ1v) is 13.3. The average Bonchev–Trinajstić information content (AvgIpc) is 3.15. The highest BCUT2D eigenvalue weighted by atomic mass is 35.5. The maximum atomic E-state index is 14.3. The van der Waals surface area contributed by atoms with E-state index in [1.807, 2.05) is 49.1 Å². The summed E-state index contributed by atoms with van der Waals surface area (Å²) in [5.74, 6) is -1.50. The molecule has 0 aromatic heterocycles. The number of benzene rings is 2. The Hall–Kier alpha value is -2.77. The molecule has 2 amide bonds. The van der Waals surface area contributed by atoms with Crippen LogP contribution < -0.4 is 0 Å². The standard InChI is InChI=1S/C28H32Cl2N2O5/c1-4-22(16-31-15-17(2)37-27(31)36)32-25(18-8-10-20(29)11-9-18)23(19-6-5-7-21(30)12-19)13-28(3,26(32)35)14-24(33)34/h5-12,17,22-23,25H,4,13-16H2,1-3H3,(H,33,34). The van der Waals surface area contributed by atoms with Crippen LogP contribution in [0.2, 0.25) is 10.0 Å². The maximum Gasteiger partial charge on any atom is 0.410 e. The molecule has 1 N–H and O–H groups in total. The van der Waals surface area contributed by atoms with Crippen molar-refractivity contribution in [1.82, 2.24) is 9.80 Å². The number of cyclic esters (lactones) is 1. The predicted octanol–water partition coefficient (Wildman–Crippen LogP) is 6.15. The number of ether oxygens (including phenoxy) is 1. The van der Waals surface area contributed by atoms with Crippen LogP contribution in [-0.2, 0) is 14.3 Å². The lowest BCUT2D eigenvalue weighted by atomic mass is 9.67. The molecule has 2 fully saturated rings. The molecule has 2 saturated heterocycles. The monoisotopic (exact) mass is 546 g/mol. The van der Waals surface area contributed by atoms with Crippen LogP contribution in [0.4, 0.5) is 4.79 Å². The van der Waals surface area contributed by atoms with Crippen LogP contribution in [0.5, 0.6) is 0 Å². The van der Waals surface area contributed by atoms with Gasteiger partial charge in [-0.05, 0) is 55.2 Å². The zero-order valence-corrected chi connectivity index (χ0v) is 22.7. The van der Waals surface area contributed by atoms with E-state index in [1.54, 1.807) is 30.0 Å². The summed E-state index contributed by atoms with van der Waals surface area (Å²) in [5, 5.41) is 10.9. The summed E-state index contributed by atoms with van der Waals surface area (Å²) in [6.45, 7) is 6.26. The van der Waals surface area contributed by atoms with Crippen molar-refractivity contribution < 1.29 is 24.2 Å². The quantitative estimate of drug-likeness (QED) is 0.429. The van der Waals surface area contributed by atoms with Crippen LogP contribution in [0.25, 0.3) is 0 Å². The van der Waals surface area contributed by atoms with E-state index in [2.05, 4.69) is 0 Å². The minimum Gasteiger partial charge on any atom is -0.481 e. The number of likely N-dealkylation sites (tertiary alicyclic amines) is 1. The molecular formula is C28H32Cl2N2O5. The Balaban J connectivity index is 1.86. The molecule has 198 valence electrons. The molecule has 0 aliphatic carbocycles. The molecule has 2 aliphatic heterocycles. The summed E-state index contributed by atoms with van der Waals surface area (Å²) in [6.07, 6.45) is -0.0314. The summed E-state index contributed by atoms with van der Waals surface area (Å²) in [7, 11) is 0. The van der Waals surface area contributed by atoms with E-state index in [0.717, 1.165) is 11.1 Å². The molecule has 0 spiro atoms. The van der Waals surface area contributed by atoms with Crippen molar-refractivity contribution in [3.63, 3.8) is 0 Å². The van der Waals surface area contributed by atoms with Crippen LogP contribution in [-0.4, -0.2) is 58.1 Å². The van der Waals surface area contributed by atoms with Gasteiger partial charge >= 0.3 is 12.1 Å². The number of aliphatic carboxylic acids is 1. The summed E-state index contributed by atoms with van der Waals surface area (Å²) in [4.78, 5) is 42.1. The zero-order chi connectivity index (χ0) is 26.9. The van der Waals surface area contributed by atoms with Crippen molar-refractivity contribution in [2.45, 2.75) is 64.1 Å². The van der Waals surface area contributed by atoms with Crippen molar-refractivity contribution in [3.8, 4) is 0 Å². The highest BCUT2D eigenvalue weighted by molar-refractivity contribution is 6.30. The fraction of sp³-hybridized carbons (Fsp3) is 0.464. The average molecular weight is 547 g/mol. The number of hydrogen-bond acceptors (Lipinski definition) is 4. The van der Waals surface area contributed by atoms with Gasteiger partial charge in [0.25, 0.3) is 0 Å². The van der Waals surface area contributed by atoms with Crippen molar-refractivity contribution in [2.75, 3.05) is 13.1 Å². The third-order valence-corrected chi connectivity index (χ3v) is 7.95. The number of rotatable bonds is 8. The van der Waals surface area contributed by atoms with Crippen LogP contribution in [0, 0.1) is 5.41 Å². The molecule has 0 bridgehead atoms. The molecule has 2 heterocycles. The summed E-state index contributed by atoms with van der Waals surface area (Å²) >= 11 is 12.6. The topological polar surface area (TPSA) is 87.2 Å². The van der Waals surface area contributed by atoms with Gasteiger partial charge in [-0.15, -0.1) is 0 Å². The molecule has 2 aromatic rings. The van der Waals surface area contributed by atoms with Gasteiger partial charge in [0.1, 0.15) is 6.10 Å². The molecule has 0 radical (unpaired) electrons. The lowest BCUT2D eigenvalue weighted by Gasteiger charge is -2.52. The number of hydrogen-bond donors (Lipinski definition) is 1. The summed E-state index contributed by atoms with van der Waals surface area (Å²) < 4.78 is 5.33. The second-order valence-corrected chi connectivity index (χ2v) is 11.2. The second-order valence-electron chi connectivity index (χ2n) is 10.4. The second kappa shape index (κ2) is 10.9. The van der Waals surface area contributed by atoms with Gasteiger partial charge in [0, 0.05) is 28.5 Å². The SMILES string of the molecule is CCC(CN1CC(C)OC1=O)N1C(=O)C(C)(CC(=O)O)CC(c2cccc(Cl)c2)C1c1ccc(Cl)cc1. The van der Waals surface area contributed by atoms with Crippen molar-refractivity contribution in [1.29, 1.82) is 0 Å². The zero-order valence-electron chi connectivity index (χ0n) is 21.2. The van der Waals surface area contributed by atoms with Gasteiger partial charge in [-0.2, -0.15) is 0 Å². The highest BCUT2D eigenvalue weighted by Crippen LogP contribution is 2.52. The maximum absolute atomic E-state index is 14.3. The smallest absolute Gasteiger partial charge is 0.410 e. The van der Waals surface area contributed by atoms with Crippen LogP contribution in [0.15, 0.2) is 48.5 Å². The van der Waals surface area contributed by atoms with Crippen LogP contribution in [0.3, 0.4) is 0 Å².